The largest absolute Gasteiger partial charge is 0.377 e. The lowest BCUT2D eigenvalue weighted by Crippen LogP contribution is -2.04. The lowest BCUT2D eigenvalue weighted by atomic mass is 10.2. The fraction of sp³-hybridized carbons (Fsp3) is 0.143. The molecule has 0 N–H and O–H groups in total. The summed E-state index contributed by atoms with van der Waals surface area (Å²) in [6.45, 7) is 0. The van der Waals surface area contributed by atoms with Crippen molar-refractivity contribution in [3.63, 3.8) is 0 Å². The van der Waals surface area contributed by atoms with Gasteiger partial charge in [0.1, 0.15) is 3.57 Å². The Hall–Kier alpha value is -1.19. The molecule has 1 aromatic heterocycles. The maximum atomic E-state index is 12.3. The van der Waals surface area contributed by atoms with Gasteiger partial charge < -0.3 is 10.1 Å². The van der Waals surface area contributed by atoms with E-state index in [2.05, 4.69) is 4.98 Å². The highest BCUT2D eigenvalue weighted by atomic mass is 127. The van der Waals surface area contributed by atoms with Crippen LogP contribution in [-0.4, -0.2) is 16.2 Å². The van der Waals surface area contributed by atoms with Crippen molar-refractivity contribution in [3.8, 4) is 0 Å². The van der Waals surface area contributed by atoms with E-state index in [1.54, 1.807) is 22.6 Å². The van der Waals surface area contributed by atoms with Crippen LogP contribution in [0.15, 0.2) is 6.07 Å². The number of nitrogens with zero attached hydrogens (tertiary/aromatic N) is 2. The number of aldehydes is 1. The average molecular weight is 328 g/mol. The molecule has 1 rings (SSSR count). The molecule has 0 aliphatic carbocycles. The van der Waals surface area contributed by atoms with Crippen LogP contribution in [0.4, 0.5) is 14.6 Å². The summed E-state index contributed by atoms with van der Waals surface area (Å²) in [5.74, 6) is -0.670. The van der Waals surface area contributed by atoms with E-state index in [0.29, 0.717) is 0 Å². The molecule has 0 bridgehead atoms. The van der Waals surface area contributed by atoms with Gasteiger partial charge in [-0.1, -0.05) is 0 Å². The van der Waals surface area contributed by atoms with Crippen LogP contribution in [0.5, 0.6) is 0 Å². The number of pyridine rings is 1. The number of rotatable bonds is 3. The van der Waals surface area contributed by atoms with E-state index < -0.39 is 22.9 Å². The highest BCUT2D eigenvalue weighted by molar-refractivity contribution is 14.1. The summed E-state index contributed by atoms with van der Waals surface area (Å²) < 4.78 is 24.7. The zero-order chi connectivity index (χ0) is 11.6. The van der Waals surface area contributed by atoms with Crippen LogP contribution >= 0.6 is 22.6 Å². The highest BCUT2D eigenvalue weighted by Crippen LogP contribution is 2.26. The first-order chi connectivity index (χ1) is 6.97. The Morgan fingerprint density at radius 1 is 1.60 bits per heavy atom. The summed E-state index contributed by atoms with van der Waals surface area (Å²) in [5.41, 5.74) is -1.20. The highest BCUT2D eigenvalue weighted by Gasteiger charge is 2.26. The van der Waals surface area contributed by atoms with Crippen molar-refractivity contribution in [2.24, 2.45) is 0 Å². The molecule has 1 aromatic rings. The first-order valence-corrected chi connectivity index (χ1v) is 4.63. The fourth-order valence-corrected chi connectivity index (χ4v) is 1.56. The number of aromatic nitrogens is 1. The van der Waals surface area contributed by atoms with Crippen molar-refractivity contribution in [1.29, 1.82) is 0 Å². The Morgan fingerprint density at radius 2 is 2.20 bits per heavy atom. The summed E-state index contributed by atoms with van der Waals surface area (Å²) in [4.78, 5) is 23.1. The predicted octanol–water partition coefficient (Wildman–Crippen LogP) is 2.34. The Bertz CT molecular complexity index is 425. The fourth-order valence-electron chi connectivity index (χ4n) is 0.904. The first-order valence-electron chi connectivity index (χ1n) is 3.55. The molecule has 15 heavy (non-hydrogen) atoms. The molecule has 5 nitrogen and oxygen atoms in total. The zero-order valence-electron chi connectivity index (χ0n) is 6.99. The molecule has 0 spiro atoms. The summed E-state index contributed by atoms with van der Waals surface area (Å²) in [5, 5.41) is 10.4. The van der Waals surface area contributed by atoms with Crippen LogP contribution in [0.2, 0.25) is 0 Å². The van der Waals surface area contributed by atoms with E-state index in [9.17, 15) is 23.7 Å². The van der Waals surface area contributed by atoms with Crippen LogP contribution in [0.3, 0.4) is 0 Å². The zero-order valence-corrected chi connectivity index (χ0v) is 9.14. The lowest BCUT2D eigenvalue weighted by molar-refractivity contribution is -0.390. The van der Waals surface area contributed by atoms with Crippen molar-refractivity contribution >= 4 is 34.7 Å². The van der Waals surface area contributed by atoms with E-state index in [-0.39, 0.29) is 15.4 Å². The van der Waals surface area contributed by atoms with Gasteiger partial charge in [-0.05, 0) is 38.6 Å². The number of carbonyl (C=O) groups is 1. The standard InChI is InChI=1S/C7H3F2IN2O3/c8-6(9)5-3(2-13)1-4(10)7(11-5)12(14)15/h1-2,6H. The molecular weight excluding hydrogens is 325 g/mol. The molecule has 0 atom stereocenters. The summed E-state index contributed by atoms with van der Waals surface area (Å²) in [6.07, 6.45) is -2.82. The second-order valence-corrected chi connectivity index (χ2v) is 3.61. The molecule has 0 radical (unpaired) electrons. The van der Waals surface area contributed by atoms with Crippen molar-refractivity contribution in [2.45, 2.75) is 6.43 Å². The monoisotopic (exact) mass is 328 g/mol. The molecular formula is C7H3F2IN2O3. The molecule has 1 heterocycles. The summed E-state index contributed by atoms with van der Waals surface area (Å²) in [7, 11) is 0. The van der Waals surface area contributed by atoms with Crippen LogP contribution in [0.25, 0.3) is 0 Å². The van der Waals surface area contributed by atoms with Gasteiger partial charge in [-0.3, -0.25) is 4.79 Å². The number of hydrogen-bond acceptors (Lipinski definition) is 4. The molecule has 0 saturated carbocycles. The molecule has 0 aliphatic heterocycles. The SMILES string of the molecule is O=Cc1cc(I)c([N+](=O)[O-])nc1C(F)F. The maximum absolute atomic E-state index is 12.3. The number of halogens is 3. The number of nitro groups is 1. The summed E-state index contributed by atoms with van der Waals surface area (Å²) in [6, 6.07) is 1.01. The van der Waals surface area contributed by atoms with Gasteiger partial charge in [0, 0.05) is 0 Å². The smallest absolute Gasteiger partial charge is 0.358 e. The van der Waals surface area contributed by atoms with E-state index in [1.807, 2.05) is 0 Å². The van der Waals surface area contributed by atoms with Crippen molar-refractivity contribution < 1.29 is 18.5 Å². The van der Waals surface area contributed by atoms with E-state index in [0.717, 1.165) is 6.07 Å². The van der Waals surface area contributed by atoms with Gasteiger partial charge >= 0.3 is 12.2 Å². The van der Waals surface area contributed by atoms with Crippen molar-refractivity contribution in [2.75, 3.05) is 0 Å². The Kier molecular flexibility index (Phi) is 3.61. The third-order valence-corrected chi connectivity index (χ3v) is 2.32. The second kappa shape index (κ2) is 4.55. The molecule has 8 heteroatoms. The lowest BCUT2D eigenvalue weighted by Gasteiger charge is -2.00. The molecule has 0 fully saturated rings. The first kappa shape index (κ1) is 11.9. The molecule has 0 amide bonds. The van der Waals surface area contributed by atoms with Crippen LogP contribution in [0, 0.1) is 13.7 Å². The van der Waals surface area contributed by atoms with Gasteiger partial charge in [0.2, 0.25) is 5.69 Å². The summed E-state index contributed by atoms with van der Waals surface area (Å²) >= 11 is 1.56. The van der Waals surface area contributed by atoms with Gasteiger partial charge in [-0.15, -0.1) is 0 Å². The topological polar surface area (TPSA) is 73.1 Å². The van der Waals surface area contributed by atoms with Crippen molar-refractivity contribution in [3.05, 3.63) is 31.0 Å². The third kappa shape index (κ3) is 2.43. The Morgan fingerprint density at radius 3 is 2.60 bits per heavy atom. The number of carbonyl (C=O) groups excluding carboxylic acids is 1. The third-order valence-electron chi connectivity index (χ3n) is 1.52. The van der Waals surface area contributed by atoms with Gasteiger partial charge in [0.05, 0.1) is 5.56 Å². The molecule has 80 valence electrons. The molecule has 0 aliphatic rings. The Balaban J connectivity index is 3.43. The predicted molar refractivity (Wildman–Crippen MR) is 54.0 cm³/mol. The normalized spacial score (nSPS) is 10.4. The van der Waals surface area contributed by atoms with Gasteiger partial charge in [0.25, 0.3) is 0 Å². The van der Waals surface area contributed by atoms with Gasteiger partial charge in [0.15, 0.2) is 6.29 Å². The van der Waals surface area contributed by atoms with Crippen LogP contribution < -0.4 is 0 Å². The Labute approximate surface area is 95.8 Å². The second-order valence-electron chi connectivity index (χ2n) is 2.44. The van der Waals surface area contributed by atoms with Crippen LogP contribution in [-0.2, 0) is 0 Å². The van der Waals surface area contributed by atoms with E-state index >= 15 is 0 Å². The van der Waals surface area contributed by atoms with E-state index in [4.69, 9.17) is 0 Å². The number of alkyl halides is 2. The molecule has 0 aromatic carbocycles. The van der Waals surface area contributed by atoms with Gasteiger partial charge in [-0.25, -0.2) is 8.78 Å². The minimum Gasteiger partial charge on any atom is -0.358 e. The molecule has 0 saturated heterocycles. The molecule has 0 unspecified atom stereocenters. The van der Waals surface area contributed by atoms with E-state index in [1.165, 1.54) is 0 Å². The minimum atomic E-state index is -3.01. The average Bonchev–Trinajstić information content (AvgIpc) is 2.16. The van der Waals surface area contributed by atoms with Gasteiger partial charge in [-0.2, -0.15) is 0 Å². The minimum absolute atomic E-state index is 0.0455. The number of hydrogen-bond donors (Lipinski definition) is 0. The maximum Gasteiger partial charge on any atom is 0.377 e. The van der Waals surface area contributed by atoms with Crippen molar-refractivity contribution in [1.82, 2.24) is 4.98 Å². The van der Waals surface area contributed by atoms with Crippen LogP contribution in [0.1, 0.15) is 22.5 Å². The quantitative estimate of drug-likeness (QED) is 0.369.